The van der Waals surface area contributed by atoms with E-state index < -0.39 is 8.56 Å². The topological polar surface area (TPSA) is 44.8 Å². The Balaban J connectivity index is 3.99. The molecule has 0 rings (SSSR count). The van der Waals surface area contributed by atoms with Gasteiger partial charge in [-0.1, -0.05) is 0 Å². The van der Waals surface area contributed by atoms with E-state index >= 15 is 0 Å². The van der Waals surface area contributed by atoms with Crippen LogP contribution in [0.15, 0.2) is 0 Å². The molecule has 0 atom stereocenters. The van der Waals surface area contributed by atoms with Crippen LogP contribution in [0.2, 0.25) is 12.6 Å². The zero-order chi connectivity index (χ0) is 11.7. The summed E-state index contributed by atoms with van der Waals surface area (Å²) in [4.78, 5) is 11.2. The smallest absolute Gasteiger partial charge is 0.335 e. The van der Waals surface area contributed by atoms with Gasteiger partial charge >= 0.3 is 14.5 Å². The first-order valence-electron chi connectivity index (χ1n) is 5.51. The van der Waals surface area contributed by atoms with Crippen molar-refractivity contribution in [2.45, 2.75) is 39.8 Å². The highest BCUT2D eigenvalue weighted by atomic mass is 28.4. The summed E-state index contributed by atoms with van der Waals surface area (Å²) in [5.74, 6) is -0.171. The summed E-state index contributed by atoms with van der Waals surface area (Å²) in [5, 5.41) is 0. The van der Waals surface area contributed by atoms with Crippen molar-refractivity contribution in [3.8, 4) is 0 Å². The van der Waals surface area contributed by atoms with E-state index in [2.05, 4.69) is 0 Å². The molecule has 0 radical (unpaired) electrons. The molecule has 0 spiro atoms. The SMILES string of the molecule is CCOC(=O)CC[Si](C)(OCC)OCC. The molecule has 0 aromatic carbocycles. The summed E-state index contributed by atoms with van der Waals surface area (Å²) in [5.41, 5.74) is 0. The van der Waals surface area contributed by atoms with Gasteiger partial charge < -0.3 is 13.6 Å². The molecular formula is C10H22O4Si. The lowest BCUT2D eigenvalue weighted by Crippen LogP contribution is -2.39. The van der Waals surface area contributed by atoms with Crippen molar-refractivity contribution in [1.82, 2.24) is 0 Å². The second kappa shape index (κ2) is 7.84. The predicted octanol–water partition coefficient (Wildman–Crippen LogP) is 2.08. The van der Waals surface area contributed by atoms with Crippen LogP contribution in [0, 0.1) is 0 Å². The third-order valence-corrected chi connectivity index (χ3v) is 4.94. The summed E-state index contributed by atoms with van der Waals surface area (Å²) in [6, 6.07) is 0.660. The van der Waals surface area contributed by atoms with Gasteiger partial charge in [0.2, 0.25) is 0 Å². The number of carbonyl (C=O) groups is 1. The zero-order valence-electron chi connectivity index (χ0n) is 10.2. The molecular weight excluding hydrogens is 212 g/mol. The minimum Gasteiger partial charge on any atom is -0.466 e. The van der Waals surface area contributed by atoms with Gasteiger partial charge in [-0.15, -0.1) is 0 Å². The fourth-order valence-corrected chi connectivity index (χ4v) is 3.61. The lowest BCUT2D eigenvalue weighted by molar-refractivity contribution is -0.142. The third kappa shape index (κ3) is 6.65. The Hall–Kier alpha value is -0.393. The van der Waals surface area contributed by atoms with E-state index in [9.17, 15) is 4.79 Å². The summed E-state index contributed by atoms with van der Waals surface area (Å²) in [7, 11) is -2.14. The Morgan fingerprint density at radius 2 is 1.60 bits per heavy atom. The molecule has 0 aromatic rings. The van der Waals surface area contributed by atoms with Crippen LogP contribution in [0.5, 0.6) is 0 Å². The van der Waals surface area contributed by atoms with Crippen molar-refractivity contribution in [3.05, 3.63) is 0 Å². The first-order chi connectivity index (χ1) is 7.08. The zero-order valence-corrected chi connectivity index (χ0v) is 11.2. The minimum absolute atomic E-state index is 0.171. The molecule has 0 aliphatic rings. The van der Waals surface area contributed by atoms with Crippen molar-refractivity contribution in [2.75, 3.05) is 19.8 Å². The van der Waals surface area contributed by atoms with E-state index in [4.69, 9.17) is 13.6 Å². The molecule has 0 bridgehead atoms. The quantitative estimate of drug-likeness (QED) is 0.476. The van der Waals surface area contributed by atoms with Crippen molar-refractivity contribution in [1.29, 1.82) is 0 Å². The molecule has 0 aliphatic carbocycles. The molecule has 15 heavy (non-hydrogen) atoms. The van der Waals surface area contributed by atoms with Gasteiger partial charge in [0, 0.05) is 25.7 Å². The summed E-state index contributed by atoms with van der Waals surface area (Å²) < 4.78 is 16.1. The first-order valence-corrected chi connectivity index (χ1v) is 8.03. The van der Waals surface area contributed by atoms with Crippen LogP contribution in [0.25, 0.3) is 0 Å². The molecule has 0 unspecified atom stereocenters. The average molecular weight is 234 g/mol. The molecule has 5 heteroatoms. The molecule has 0 N–H and O–H groups in total. The highest BCUT2D eigenvalue weighted by molar-refractivity contribution is 6.66. The number of carbonyl (C=O) groups excluding carboxylic acids is 1. The van der Waals surface area contributed by atoms with Crippen molar-refractivity contribution >= 4 is 14.5 Å². The van der Waals surface area contributed by atoms with E-state index in [1.54, 1.807) is 6.92 Å². The average Bonchev–Trinajstić information content (AvgIpc) is 2.16. The fourth-order valence-electron chi connectivity index (χ4n) is 1.36. The van der Waals surface area contributed by atoms with Gasteiger partial charge in [0.15, 0.2) is 0 Å². The molecule has 0 amide bonds. The number of esters is 1. The maximum absolute atomic E-state index is 11.2. The van der Waals surface area contributed by atoms with E-state index in [-0.39, 0.29) is 5.97 Å². The van der Waals surface area contributed by atoms with Gasteiger partial charge in [0.25, 0.3) is 0 Å². The Kier molecular flexibility index (Phi) is 7.64. The molecule has 0 heterocycles. The van der Waals surface area contributed by atoms with Gasteiger partial charge in [-0.25, -0.2) is 0 Å². The van der Waals surface area contributed by atoms with Crippen LogP contribution in [0.1, 0.15) is 27.2 Å². The van der Waals surface area contributed by atoms with Gasteiger partial charge in [0.1, 0.15) is 0 Å². The second-order valence-electron chi connectivity index (χ2n) is 3.30. The Labute approximate surface area is 93.2 Å². The second-order valence-corrected chi connectivity index (χ2v) is 6.65. The van der Waals surface area contributed by atoms with Gasteiger partial charge in [-0.2, -0.15) is 0 Å². The summed E-state index contributed by atoms with van der Waals surface area (Å²) >= 11 is 0. The number of hydrogen-bond acceptors (Lipinski definition) is 4. The lowest BCUT2D eigenvalue weighted by atomic mass is 10.5. The van der Waals surface area contributed by atoms with Gasteiger partial charge in [-0.05, 0) is 27.3 Å². The van der Waals surface area contributed by atoms with Crippen molar-refractivity contribution in [2.24, 2.45) is 0 Å². The first kappa shape index (κ1) is 14.6. The number of rotatable bonds is 8. The molecule has 0 aromatic heterocycles. The van der Waals surface area contributed by atoms with E-state index in [0.717, 1.165) is 0 Å². The molecule has 4 nitrogen and oxygen atoms in total. The van der Waals surface area contributed by atoms with Crippen LogP contribution < -0.4 is 0 Å². The normalized spacial score (nSPS) is 11.5. The lowest BCUT2D eigenvalue weighted by Gasteiger charge is -2.25. The monoisotopic (exact) mass is 234 g/mol. The predicted molar refractivity (Wildman–Crippen MR) is 60.9 cm³/mol. The van der Waals surface area contributed by atoms with Crippen LogP contribution in [-0.2, 0) is 18.4 Å². The Bertz CT molecular complexity index is 178. The van der Waals surface area contributed by atoms with E-state index in [0.29, 0.717) is 32.3 Å². The van der Waals surface area contributed by atoms with E-state index in [1.165, 1.54) is 0 Å². The van der Waals surface area contributed by atoms with Crippen molar-refractivity contribution < 1.29 is 18.4 Å². The summed E-state index contributed by atoms with van der Waals surface area (Å²) in [6.07, 6.45) is 0.385. The number of ether oxygens (including phenoxy) is 1. The van der Waals surface area contributed by atoms with Crippen LogP contribution in [0.3, 0.4) is 0 Å². The highest BCUT2D eigenvalue weighted by Crippen LogP contribution is 2.16. The van der Waals surface area contributed by atoms with Crippen LogP contribution in [0.4, 0.5) is 0 Å². The molecule has 0 aliphatic heterocycles. The molecule has 0 fully saturated rings. The standard InChI is InChI=1S/C10H22O4Si/c1-5-12-10(11)8-9-15(4,13-6-2)14-7-3/h5-9H2,1-4H3. The van der Waals surface area contributed by atoms with Crippen molar-refractivity contribution in [3.63, 3.8) is 0 Å². The third-order valence-electron chi connectivity index (χ3n) is 1.99. The highest BCUT2D eigenvalue weighted by Gasteiger charge is 2.31. The van der Waals surface area contributed by atoms with E-state index in [1.807, 2.05) is 20.4 Å². The summed E-state index contributed by atoms with van der Waals surface area (Å²) in [6.45, 7) is 9.36. The van der Waals surface area contributed by atoms with Crippen LogP contribution >= 0.6 is 0 Å². The Morgan fingerprint density at radius 1 is 1.07 bits per heavy atom. The van der Waals surface area contributed by atoms with Gasteiger partial charge in [-0.3, -0.25) is 4.79 Å². The number of hydrogen-bond donors (Lipinski definition) is 0. The largest absolute Gasteiger partial charge is 0.466 e. The minimum atomic E-state index is -2.14. The molecule has 0 saturated carbocycles. The molecule has 0 saturated heterocycles. The maximum atomic E-state index is 11.2. The Morgan fingerprint density at radius 3 is 2.00 bits per heavy atom. The molecule has 90 valence electrons. The van der Waals surface area contributed by atoms with Gasteiger partial charge in [0.05, 0.1) is 6.61 Å². The van der Waals surface area contributed by atoms with Crippen LogP contribution in [-0.4, -0.2) is 34.4 Å². The maximum Gasteiger partial charge on any atom is 0.335 e. The fraction of sp³-hybridized carbons (Fsp3) is 0.900.